The molecule has 0 aromatic heterocycles. The summed E-state index contributed by atoms with van der Waals surface area (Å²) in [4.78, 5) is 0. The van der Waals surface area contributed by atoms with Gasteiger partial charge in [-0.3, -0.25) is 0 Å². The first-order chi connectivity index (χ1) is 7.29. The first-order valence-electron chi connectivity index (χ1n) is 6.93. The molecular formula is C15H28. The second-order valence-electron chi connectivity index (χ2n) is 5.41. The highest BCUT2D eigenvalue weighted by molar-refractivity contribution is 4.87. The fraction of sp³-hybridized carbons (Fsp3) is 0.867. The van der Waals surface area contributed by atoms with Crippen molar-refractivity contribution in [2.24, 2.45) is 5.92 Å². The largest absolute Gasteiger partial charge is 0.100 e. The highest BCUT2D eigenvalue weighted by atomic mass is 14.2. The van der Waals surface area contributed by atoms with Crippen LogP contribution in [0.2, 0.25) is 0 Å². The minimum absolute atomic E-state index is 1.07. The normalized spacial score (nSPS) is 18.7. The summed E-state index contributed by atoms with van der Waals surface area (Å²) in [6, 6.07) is 0. The van der Waals surface area contributed by atoms with E-state index < -0.39 is 0 Å². The molecule has 0 N–H and O–H groups in total. The average molecular weight is 208 g/mol. The van der Waals surface area contributed by atoms with Crippen LogP contribution in [0.5, 0.6) is 0 Å². The van der Waals surface area contributed by atoms with Crippen molar-refractivity contribution in [3.05, 3.63) is 12.2 Å². The Morgan fingerprint density at radius 2 is 1.67 bits per heavy atom. The Kier molecular flexibility index (Phi) is 6.80. The fourth-order valence-electron chi connectivity index (χ4n) is 2.69. The van der Waals surface area contributed by atoms with E-state index in [1.54, 1.807) is 0 Å². The molecule has 1 saturated carbocycles. The third kappa shape index (κ3) is 6.76. The minimum Gasteiger partial charge on any atom is -0.100 e. The van der Waals surface area contributed by atoms with Gasteiger partial charge in [0.05, 0.1) is 0 Å². The number of rotatable bonds is 6. The smallest absolute Gasteiger partial charge is 0.0326 e. The van der Waals surface area contributed by atoms with Gasteiger partial charge in [-0.05, 0) is 25.7 Å². The molecular weight excluding hydrogens is 180 g/mol. The van der Waals surface area contributed by atoms with Crippen molar-refractivity contribution in [3.8, 4) is 0 Å². The third-order valence-electron chi connectivity index (χ3n) is 3.69. The van der Waals surface area contributed by atoms with Crippen molar-refractivity contribution in [1.82, 2.24) is 0 Å². The van der Waals surface area contributed by atoms with E-state index in [1.807, 2.05) is 0 Å². The van der Waals surface area contributed by atoms with Gasteiger partial charge in [-0.1, -0.05) is 63.4 Å². The lowest BCUT2D eigenvalue weighted by Crippen LogP contribution is -1.98. The van der Waals surface area contributed by atoms with E-state index in [1.165, 1.54) is 76.2 Å². The van der Waals surface area contributed by atoms with E-state index in [2.05, 4.69) is 13.5 Å². The Hall–Kier alpha value is -0.260. The predicted octanol–water partition coefficient (Wildman–Crippen LogP) is 5.48. The van der Waals surface area contributed by atoms with Crippen molar-refractivity contribution in [2.45, 2.75) is 77.6 Å². The van der Waals surface area contributed by atoms with Crippen LogP contribution in [0.25, 0.3) is 0 Å². The van der Waals surface area contributed by atoms with Crippen LogP contribution in [0.1, 0.15) is 77.6 Å². The van der Waals surface area contributed by atoms with Crippen LogP contribution in [0.4, 0.5) is 0 Å². The van der Waals surface area contributed by atoms with Gasteiger partial charge in [-0.15, -0.1) is 6.58 Å². The molecule has 15 heavy (non-hydrogen) atoms. The fourth-order valence-corrected chi connectivity index (χ4v) is 2.69. The van der Waals surface area contributed by atoms with Gasteiger partial charge in [-0.25, -0.2) is 0 Å². The standard InChI is InChI=1S/C15H28/c1-14(2)10-6-5-9-13-15-11-7-3-4-8-12-15/h15H,1,3-13H2,2H3. The number of hydrogen-bond donors (Lipinski definition) is 0. The second kappa shape index (κ2) is 7.96. The molecule has 1 aliphatic rings. The Morgan fingerprint density at radius 3 is 2.27 bits per heavy atom. The van der Waals surface area contributed by atoms with Crippen LogP contribution < -0.4 is 0 Å². The van der Waals surface area contributed by atoms with E-state index in [4.69, 9.17) is 0 Å². The zero-order valence-electron chi connectivity index (χ0n) is 10.6. The van der Waals surface area contributed by atoms with Gasteiger partial charge in [0, 0.05) is 0 Å². The first-order valence-corrected chi connectivity index (χ1v) is 6.93. The van der Waals surface area contributed by atoms with Crippen molar-refractivity contribution in [3.63, 3.8) is 0 Å². The molecule has 0 nitrogen and oxygen atoms in total. The Bertz CT molecular complexity index is 161. The van der Waals surface area contributed by atoms with Gasteiger partial charge in [0.15, 0.2) is 0 Å². The lowest BCUT2D eigenvalue weighted by molar-refractivity contribution is 0.407. The van der Waals surface area contributed by atoms with Crippen molar-refractivity contribution in [2.75, 3.05) is 0 Å². The Balaban J connectivity index is 1.96. The zero-order valence-corrected chi connectivity index (χ0v) is 10.6. The molecule has 88 valence electrons. The van der Waals surface area contributed by atoms with Gasteiger partial charge in [0.2, 0.25) is 0 Å². The number of unbranched alkanes of at least 4 members (excludes halogenated alkanes) is 2. The Labute approximate surface area is 96.2 Å². The number of hydrogen-bond acceptors (Lipinski definition) is 0. The monoisotopic (exact) mass is 208 g/mol. The SMILES string of the molecule is C=C(C)CCCCCC1CCCCCC1. The van der Waals surface area contributed by atoms with Crippen LogP contribution in [0.15, 0.2) is 12.2 Å². The zero-order chi connectivity index (χ0) is 10.9. The van der Waals surface area contributed by atoms with Crippen LogP contribution in [-0.2, 0) is 0 Å². The summed E-state index contributed by atoms with van der Waals surface area (Å²) >= 11 is 0. The second-order valence-corrected chi connectivity index (χ2v) is 5.41. The topological polar surface area (TPSA) is 0 Å². The van der Waals surface area contributed by atoms with Crippen LogP contribution in [0.3, 0.4) is 0 Å². The summed E-state index contributed by atoms with van der Waals surface area (Å²) in [7, 11) is 0. The summed E-state index contributed by atoms with van der Waals surface area (Å²) in [5.74, 6) is 1.07. The lowest BCUT2D eigenvalue weighted by Gasteiger charge is -2.13. The van der Waals surface area contributed by atoms with Crippen LogP contribution >= 0.6 is 0 Å². The molecule has 0 aromatic rings. The van der Waals surface area contributed by atoms with E-state index >= 15 is 0 Å². The maximum absolute atomic E-state index is 3.96. The highest BCUT2D eigenvalue weighted by Gasteiger charge is 2.11. The maximum atomic E-state index is 3.96. The van der Waals surface area contributed by atoms with Gasteiger partial charge in [0.25, 0.3) is 0 Å². The van der Waals surface area contributed by atoms with Gasteiger partial charge in [-0.2, -0.15) is 0 Å². The molecule has 0 bridgehead atoms. The molecule has 0 saturated heterocycles. The third-order valence-corrected chi connectivity index (χ3v) is 3.69. The summed E-state index contributed by atoms with van der Waals surface area (Å²) < 4.78 is 0. The van der Waals surface area contributed by atoms with Crippen LogP contribution in [-0.4, -0.2) is 0 Å². The molecule has 0 radical (unpaired) electrons. The molecule has 0 aromatic carbocycles. The predicted molar refractivity (Wildman–Crippen MR) is 69.1 cm³/mol. The van der Waals surface area contributed by atoms with E-state index in [9.17, 15) is 0 Å². The molecule has 1 aliphatic carbocycles. The number of allylic oxidation sites excluding steroid dienone is 1. The van der Waals surface area contributed by atoms with Gasteiger partial charge in [0.1, 0.15) is 0 Å². The molecule has 0 unspecified atom stereocenters. The summed E-state index contributed by atoms with van der Waals surface area (Å²) in [6.07, 6.45) is 16.0. The van der Waals surface area contributed by atoms with Gasteiger partial charge < -0.3 is 0 Å². The average Bonchev–Trinajstić information content (AvgIpc) is 2.45. The Morgan fingerprint density at radius 1 is 1.00 bits per heavy atom. The highest BCUT2D eigenvalue weighted by Crippen LogP contribution is 2.27. The maximum Gasteiger partial charge on any atom is -0.0326 e. The molecule has 0 amide bonds. The molecule has 0 spiro atoms. The van der Waals surface area contributed by atoms with E-state index in [-0.39, 0.29) is 0 Å². The van der Waals surface area contributed by atoms with Crippen molar-refractivity contribution in [1.29, 1.82) is 0 Å². The molecule has 0 heterocycles. The summed E-state index contributed by atoms with van der Waals surface area (Å²) in [5, 5.41) is 0. The van der Waals surface area contributed by atoms with Gasteiger partial charge >= 0.3 is 0 Å². The van der Waals surface area contributed by atoms with Crippen molar-refractivity contribution < 1.29 is 0 Å². The molecule has 0 aliphatic heterocycles. The molecule has 0 heteroatoms. The summed E-state index contributed by atoms with van der Waals surface area (Å²) in [6.45, 7) is 6.10. The molecule has 1 fully saturated rings. The first kappa shape index (κ1) is 12.8. The quantitative estimate of drug-likeness (QED) is 0.308. The van der Waals surface area contributed by atoms with Crippen molar-refractivity contribution >= 4 is 0 Å². The van der Waals surface area contributed by atoms with E-state index in [0.717, 1.165) is 5.92 Å². The molecule has 0 atom stereocenters. The van der Waals surface area contributed by atoms with E-state index in [0.29, 0.717) is 0 Å². The minimum atomic E-state index is 1.07. The summed E-state index contributed by atoms with van der Waals surface area (Å²) in [5.41, 5.74) is 1.35. The van der Waals surface area contributed by atoms with Crippen LogP contribution in [0, 0.1) is 5.92 Å². The molecule has 1 rings (SSSR count). The lowest BCUT2D eigenvalue weighted by atomic mass is 9.93.